The molecule has 0 amide bonds. The largest absolute Gasteiger partial charge is 0.508 e. The fraction of sp³-hybridized carbons (Fsp3) is 0.0357. The third-order valence-electron chi connectivity index (χ3n) is 5.53. The van der Waals surface area contributed by atoms with Crippen LogP contribution in [-0.4, -0.2) is 10.1 Å². The number of nitrogens with one attached hydrogen (secondary N) is 1. The molecule has 5 rings (SSSR count). The van der Waals surface area contributed by atoms with Gasteiger partial charge in [0.2, 0.25) is 0 Å². The molecule has 4 nitrogen and oxygen atoms in total. The van der Waals surface area contributed by atoms with E-state index in [1.165, 1.54) is 0 Å². The van der Waals surface area contributed by atoms with Crippen LogP contribution in [0.4, 0.5) is 22.7 Å². The van der Waals surface area contributed by atoms with E-state index in [9.17, 15) is 5.11 Å². The van der Waals surface area contributed by atoms with Crippen molar-refractivity contribution in [3.8, 4) is 5.75 Å². The van der Waals surface area contributed by atoms with Gasteiger partial charge in [0, 0.05) is 44.9 Å². The molecule has 0 radical (unpaired) electrons. The smallest absolute Gasteiger partial charge is 0.120 e. The Hall–Kier alpha value is -4.02. The van der Waals surface area contributed by atoms with Crippen LogP contribution in [0.5, 0.6) is 5.75 Å². The molecule has 2 N–H and O–H groups in total. The number of nitrogens with zero attached hydrogens (tertiary/aromatic N) is 2. The zero-order valence-electron chi connectivity index (χ0n) is 17.8. The maximum absolute atomic E-state index is 10.7. The molecule has 1 heterocycles. The second-order valence-corrected chi connectivity index (χ2v) is 8.18. The molecule has 33 heavy (non-hydrogen) atoms. The minimum absolute atomic E-state index is 0.254. The number of phenolic OH excluding ortho intramolecular Hbond substituents is 1. The Morgan fingerprint density at radius 2 is 1.48 bits per heavy atom. The van der Waals surface area contributed by atoms with E-state index < -0.39 is 0 Å². The van der Waals surface area contributed by atoms with Crippen LogP contribution in [0.25, 0.3) is 10.9 Å². The number of benzene rings is 4. The van der Waals surface area contributed by atoms with Crippen LogP contribution >= 0.6 is 11.6 Å². The van der Waals surface area contributed by atoms with Crippen molar-refractivity contribution < 1.29 is 5.11 Å². The Balaban J connectivity index is 1.49. The average Bonchev–Trinajstić information content (AvgIpc) is 2.85. The summed E-state index contributed by atoms with van der Waals surface area (Å²) in [5.74, 6) is 0.254. The highest BCUT2D eigenvalue weighted by atomic mass is 35.5. The first-order valence-electron chi connectivity index (χ1n) is 10.7. The topological polar surface area (TPSA) is 48.4 Å². The summed E-state index contributed by atoms with van der Waals surface area (Å²) in [6, 6.07) is 33.5. The van der Waals surface area contributed by atoms with Crippen LogP contribution in [0.3, 0.4) is 0 Å². The molecule has 0 bridgehead atoms. The van der Waals surface area contributed by atoms with Gasteiger partial charge in [0.1, 0.15) is 5.75 Å². The van der Waals surface area contributed by atoms with Crippen molar-refractivity contribution in [1.29, 1.82) is 0 Å². The number of para-hydroxylation sites is 2. The van der Waals surface area contributed by atoms with Gasteiger partial charge in [0.15, 0.2) is 0 Å². The summed E-state index contributed by atoms with van der Waals surface area (Å²) in [5, 5.41) is 15.8. The van der Waals surface area contributed by atoms with Gasteiger partial charge in [-0.3, -0.25) is 4.98 Å². The maximum Gasteiger partial charge on any atom is 0.120 e. The summed E-state index contributed by atoms with van der Waals surface area (Å²) < 4.78 is 0. The van der Waals surface area contributed by atoms with Crippen LogP contribution in [0.1, 0.15) is 5.56 Å². The second kappa shape index (κ2) is 9.23. The van der Waals surface area contributed by atoms with Crippen LogP contribution in [0, 0.1) is 0 Å². The number of pyridine rings is 1. The van der Waals surface area contributed by atoms with Crippen LogP contribution in [0.2, 0.25) is 5.02 Å². The van der Waals surface area contributed by atoms with Crippen molar-refractivity contribution in [1.82, 2.24) is 4.98 Å². The second-order valence-electron chi connectivity index (χ2n) is 7.75. The zero-order chi connectivity index (χ0) is 22.6. The predicted octanol–water partition coefficient (Wildman–Crippen LogP) is 7.68. The van der Waals surface area contributed by atoms with E-state index in [-0.39, 0.29) is 5.75 Å². The molecule has 162 valence electrons. The molecule has 5 aromatic rings. The lowest BCUT2D eigenvalue weighted by molar-refractivity contribution is 0.468. The van der Waals surface area contributed by atoms with Gasteiger partial charge in [0.05, 0.1) is 12.1 Å². The third-order valence-corrected chi connectivity index (χ3v) is 5.76. The summed E-state index contributed by atoms with van der Waals surface area (Å²) in [4.78, 5) is 6.59. The first kappa shape index (κ1) is 20.9. The molecule has 0 atom stereocenters. The normalized spacial score (nSPS) is 10.8. The van der Waals surface area contributed by atoms with Crippen molar-refractivity contribution >= 4 is 45.3 Å². The van der Waals surface area contributed by atoms with Crippen molar-refractivity contribution in [2.75, 3.05) is 10.2 Å². The monoisotopic (exact) mass is 451 g/mol. The van der Waals surface area contributed by atoms with Gasteiger partial charge < -0.3 is 15.3 Å². The number of phenols is 1. The summed E-state index contributed by atoms with van der Waals surface area (Å²) in [6.07, 6.45) is 1.76. The molecule has 1 aromatic heterocycles. The standard InChI is InChI=1S/C28H22ClN3O/c29-21-11-13-25-26(15-16-30-27(25)18-21)31-22-12-14-28(33)20(17-22)19-32(23-7-3-1-4-8-23)24-9-5-2-6-10-24/h1-18,33H,19H2,(H,30,31). The average molecular weight is 452 g/mol. The summed E-state index contributed by atoms with van der Waals surface area (Å²) in [7, 11) is 0. The predicted molar refractivity (Wildman–Crippen MR) is 137 cm³/mol. The van der Waals surface area contributed by atoms with Crippen molar-refractivity contribution in [3.05, 3.63) is 120 Å². The van der Waals surface area contributed by atoms with E-state index in [1.54, 1.807) is 12.3 Å². The van der Waals surface area contributed by atoms with Crippen LogP contribution in [0.15, 0.2) is 109 Å². The Morgan fingerprint density at radius 3 is 2.18 bits per heavy atom. The van der Waals surface area contributed by atoms with Gasteiger partial charge >= 0.3 is 0 Å². The third kappa shape index (κ3) is 4.61. The maximum atomic E-state index is 10.7. The number of anilines is 4. The molecule has 0 aliphatic heterocycles. The highest BCUT2D eigenvalue weighted by Crippen LogP contribution is 2.33. The van der Waals surface area contributed by atoms with Crippen molar-refractivity contribution in [2.45, 2.75) is 6.54 Å². The number of halogens is 1. The quantitative estimate of drug-likeness (QED) is 0.260. The van der Waals surface area contributed by atoms with E-state index in [1.807, 2.05) is 72.8 Å². The van der Waals surface area contributed by atoms with Crippen LogP contribution < -0.4 is 10.2 Å². The molecule has 5 heteroatoms. The minimum Gasteiger partial charge on any atom is -0.508 e. The fourth-order valence-corrected chi connectivity index (χ4v) is 4.06. The lowest BCUT2D eigenvalue weighted by Crippen LogP contribution is -2.16. The molecule has 0 saturated carbocycles. The van der Waals surface area contributed by atoms with Crippen molar-refractivity contribution in [3.63, 3.8) is 0 Å². The molecular weight excluding hydrogens is 430 g/mol. The summed E-state index contributed by atoms with van der Waals surface area (Å²) >= 11 is 6.13. The summed E-state index contributed by atoms with van der Waals surface area (Å²) in [6.45, 7) is 0.516. The molecule has 0 saturated heterocycles. The SMILES string of the molecule is Oc1ccc(Nc2ccnc3cc(Cl)ccc23)cc1CN(c1ccccc1)c1ccccc1. The molecule has 0 aliphatic rings. The zero-order valence-corrected chi connectivity index (χ0v) is 18.6. The van der Waals surface area contributed by atoms with E-state index in [0.717, 1.165) is 39.2 Å². The molecule has 0 fully saturated rings. The molecular formula is C28H22ClN3O. The number of hydrogen-bond donors (Lipinski definition) is 2. The lowest BCUT2D eigenvalue weighted by atomic mass is 10.1. The Morgan fingerprint density at radius 1 is 0.788 bits per heavy atom. The van der Waals surface area contributed by atoms with E-state index in [0.29, 0.717) is 11.6 Å². The van der Waals surface area contributed by atoms with Crippen molar-refractivity contribution in [2.24, 2.45) is 0 Å². The van der Waals surface area contributed by atoms with Gasteiger partial charge in [-0.05, 0) is 66.7 Å². The van der Waals surface area contributed by atoms with Gasteiger partial charge in [0.25, 0.3) is 0 Å². The highest BCUT2D eigenvalue weighted by Gasteiger charge is 2.13. The van der Waals surface area contributed by atoms with E-state index in [4.69, 9.17) is 11.6 Å². The number of aromatic nitrogens is 1. The first-order chi connectivity index (χ1) is 16.2. The number of hydrogen-bond acceptors (Lipinski definition) is 4. The van der Waals surface area contributed by atoms with E-state index in [2.05, 4.69) is 39.5 Å². The molecule has 4 aromatic carbocycles. The lowest BCUT2D eigenvalue weighted by Gasteiger charge is -2.26. The van der Waals surface area contributed by atoms with Gasteiger partial charge in [-0.2, -0.15) is 0 Å². The van der Waals surface area contributed by atoms with Gasteiger partial charge in [-0.1, -0.05) is 48.0 Å². The van der Waals surface area contributed by atoms with E-state index >= 15 is 0 Å². The molecule has 0 unspecified atom stereocenters. The number of fused-ring (bicyclic) bond motifs is 1. The van der Waals surface area contributed by atoms with Gasteiger partial charge in [-0.25, -0.2) is 0 Å². The van der Waals surface area contributed by atoms with Gasteiger partial charge in [-0.15, -0.1) is 0 Å². The minimum atomic E-state index is 0.254. The fourth-order valence-electron chi connectivity index (χ4n) is 3.89. The Labute approximate surface area is 197 Å². The summed E-state index contributed by atoms with van der Waals surface area (Å²) in [5.41, 5.74) is 5.56. The van der Waals surface area contributed by atoms with Crippen LogP contribution in [-0.2, 0) is 6.54 Å². The Bertz CT molecular complexity index is 1350. The molecule has 0 spiro atoms. The number of aromatic hydroxyl groups is 1. The highest BCUT2D eigenvalue weighted by molar-refractivity contribution is 6.31. The Kier molecular flexibility index (Phi) is 5.83. The number of rotatable bonds is 6. The molecule has 0 aliphatic carbocycles. The first-order valence-corrected chi connectivity index (χ1v) is 11.1.